The van der Waals surface area contributed by atoms with E-state index in [-0.39, 0.29) is 4.88 Å². The van der Waals surface area contributed by atoms with Gasteiger partial charge in [0, 0.05) is 11.6 Å². The van der Waals surface area contributed by atoms with Crippen molar-refractivity contribution in [1.82, 2.24) is 15.2 Å². The number of hydrazine groups is 1. The minimum atomic E-state index is -4.41. The maximum absolute atomic E-state index is 13.7. The second-order valence-electron chi connectivity index (χ2n) is 5.43. The summed E-state index contributed by atoms with van der Waals surface area (Å²) < 4.78 is 50.8. The number of benzene rings is 2. The summed E-state index contributed by atoms with van der Waals surface area (Å²) in [6.07, 6.45) is 0. The number of nitrogens with one attached hydrogen (secondary N) is 2. The molecule has 1 heterocycles. The van der Waals surface area contributed by atoms with E-state index in [0.29, 0.717) is 16.8 Å². The van der Waals surface area contributed by atoms with E-state index in [4.69, 9.17) is 0 Å². The number of halogens is 2. The Labute approximate surface area is 157 Å². The minimum Gasteiger partial charge on any atom is -0.273 e. The van der Waals surface area contributed by atoms with Crippen LogP contribution in [-0.4, -0.2) is 19.3 Å². The van der Waals surface area contributed by atoms with Crippen molar-refractivity contribution >= 4 is 27.3 Å². The third kappa shape index (κ3) is 4.18. The number of aromatic nitrogens is 1. The van der Waals surface area contributed by atoms with Crippen LogP contribution in [0.2, 0.25) is 0 Å². The summed E-state index contributed by atoms with van der Waals surface area (Å²) in [4.78, 5) is 17.8. The molecule has 0 aliphatic heterocycles. The van der Waals surface area contributed by atoms with Gasteiger partial charge in [-0.25, -0.2) is 22.2 Å². The predicted molar refractivity (Wildman–Crippen MR) is 96.4 cm³/mol. The van der Waals surface area contributed by atoms with E-state index in [1.807, 2.05) is 35.8 Å². The van der Waals surface area contributed by atoms with Crippen LogP contribution < -0.4 is 10.3 Å². The number of hydrogen-bond donors (Lipinski definition) is 2. The molecule has 140 valence electrons. The van der Waals surface area contributed by atoms with Gasteiger partial charge in [0.15, 0.2) is 0 Å². The molecule has 0 unspecified atom stereocenters. The molecule has 2 aromatic carbocycles. The summed E-state index contributed by atoms with van der Waals surface area (Å²) in [5.74, 6) is -2.92. The summed E-state index contributed by atoms with van der Waals surface area (Å²) in [5, 5.41) is 0.602. The maximum Gasteiger partial charge on any atom is 0.278 e. The minimum absolute atomic E-state index is 0.205. The second-order valence-corrected chi connectivity index (χ2v) is 8.08. The van der Waals surface area contributed by atoms with Crippen molar-refractivity contribution < 1.29 is 22.0 Å². The summed E-state index contributed by atoms with van der Waals surface area (Å²) in [6.45, 7) is 1.62. The Kier molecular flexibility index (Phi) is 5.31. The molecule has 0 aliphatic rings. The lowest BCUT2D eigenvalue weighted by atomic mass is 10.2. The maximum atomic E-state index is 13.7. The van der Waals surface area contributed by atoms with Crippen LogP contribution in [0.25, 0.3) is 10.6 Å². The van der Waals surface area contributed by atoms with E-state index in [9.17, 15) is 22.0 Å². The van der Waals surface area contributed by atoms with Crippen molar-refractivity contribution in [1.29, 1.82) is 0 Å². The molecule has 3 rings (SSSR count). The first-order valence-electron chi connectivity index (χ1n) is 7.58. The molecule has 0 radical (unpaired) electrons. The van der Waals surface area contributed by atoms with Crippen LogP contribution >= 0.6 is 11.3 Å². The smallest absolute Gasteiger partial charge is 0.273 e. The monoisotopic (exact) mass is 409 g/mol. The van der Waals surface area contributed by atoms with E-state index in [1.54, 1.807) is 11.8 Å². The van der Waals surface area contributed by atoms with E-state index in [1.165, 1.54) is 0 Å². The topological polar surface area (TPSA) is 88.2 Å². The van der Waals surface area contributed by atoms with Crippen LogP contribution in [0.1, 0.15) is 15.4 Å². The molecule has 0 aliphatic carbocycles. The van der Waals surface area contributed by atoms with Gasteiger partial charge in [0.25, 0.3) is 15.9 Å². The lowest BCUT2D eigenvalue weighted by Crippen LogP contribution is -2.41. The van der Waals surface area contributed by atoms with Gasteiger partial charge in [-0.2, -0.15) is 0 Å². The Morgan fingerprint density at radius 3 is 2.48 bits per heavy atom. The van der Waals surface area contributed by atoms with Gasteiger partial charge in [-0.1, -0.05) is 30.3 Å². The van der Waals surface area contributed by atoms with Crippen molar-refractivity contribution in [3.8, 4) is 10.6 Å². The third-order valence-corrected chi connectivity index (χ3v) is 5.99. The fraction of sp³-hybridized carbons (Fsp3) is 0.0588. The largest absolute Gasteiger partial charge is 0.278 e. The molecule has 0 bridgehead atoms. The number of sulfonamides is 1. The predicted octanol–water partition coefficient (Wildman–Crippen LogP) is 3.02. The number of thiazole rings is 1. The molecular formula is C17H13F2N3O3S2. The van der Waals surface area contributed by atoms with Crippen molar-refractivity contribution in [2.75, 3.05) is 0 Å². The number of aryl methyl sites for hydroxylation is 1. The zero-order chi connectivity index (χ0) is 19.6. The van der Waals surface area contributed by atoms with Crippen molar-refractivity contribution in [2.24, 2.45) is 0 Å². The van der Waals surface area contributed by atoms with Crippen molar-refractivity contribution in [3.05, 3.63) is 70.7 Å². The highest BCUT2D eigenvalue weighted by Crippen LogP contribution is 2.27. The molecule has 0 saturated heterocycles. The molecule has 1 amide bonds. The summed E-state index contributed by atoms with van der Waals surface area (Å²) in [5.41, 5.74) is 3.26. The molecule has 27 heavy (non-hydrogen) atoms. The van der Waals surface area contributed by atoms with E-state index >= 15 is 0 Å². The SMILES string of the molecule is Cc1nc(-c2ccccc2)sc1C(=O)NNS(=O)(=O)c1ccc(F)cc1F. The summed E-state index contributed by atoms with van der Waals surface area (Å²) >= 11 is 1.09. The Bertz CT molecular complexity index is 1100. The van der Waals surface area contributed by atoms with Crippen LogP contribution in [0.15, 0.2) is 53.4 Å². The first-order chi connectivity index (χ1) is 12.8. The molecule has 1 aromatic heterocycles. The Hall–Kier alpha value is -2.69. The molecule has 10 heteroatoms. The van der Waals surface area contributed by atoms with E-state index < -0.39 is 32.5 Å². The second kappa shape index (κ2) is 7.51. The molecule has 0 spiro atoms. The number of nitrogens with zero attached hydrogens (tertiary/aromatic N) is 1. The molecule has 6 nitrogen and oxygen atoms in total. The summed E-state index contributed by atoms with van der Waals surface area (Å²) in [7, 11) is -4.41. The van der Waals surface area contributed by atoms with Crippen LogP contribution in [0.5, 0.6) is 0 Å². The lowest BCUT2D eigenvalue weighted by molar-refractivity contribution is 0.0948. The molecule has 2 N–H and O–H groups in total. The average molecular weight is 409 g/mol. The molecular weight excluding hydrogens is 396 g/mol. The van der Waals surface area contributed by atoms with Crippen LogP contribution in [0, 0.1) is 18.6 Å². The van der Waals surface area contributed by atoms with Gasteiger partial charge in [-0.05, 0) is 19.1 Å². The normalized spacial score (nSPS) is 11.4. The zero-order valence-corrected chi connectivity index (χ0v) is 15.5. The Morgan fingerprint density at radius 2 is 1.81 bits per heavy atom. The fourth-order valence-electron chi connectivity index (χ4n) is 2.23. The molecule has 0 saturated carbocycles. The highest BCUT2D eigenvalue weighted by Gasteiger charge is 2.22. The van der Waals surface area contributed by atoms with E-state index in [2.05, 4.69) is 4.98 Å². The van der Waals surface area contributed by atoms with Crippen LogP contribution in [-0.2, 0) is 10.0 Å². The van der Waals surface area contributed by atoms with Gasteiger partial charge >= 0.3 is 0 Å². The highest BCUT2D eigenvalue weighted by atomic mass is 32.2. The van der Waals surface area contributed by atoms with Gasteiger partial charge in [0.1, 0.15) is 26.4 Å². The quantitative estimate of drug-likeness (QED) is 0.634. The highest BCUT2D eigenvalue weighted by molar-refractivity contribution is 7.89. The first kappa shape index (κ1) is 19.1. The van der Waals surface area contributed by atoms with Crippen LogP contribution in [0.4, 0.5) is 8.78 Å². The lowest BCUT2D eigenvalue weighted by Gasteiger charge is -2.08. The zero-order valence-electron chi connectivity index (χ0n) is 13.9. The fourth-order valence-corrected chi connectivity index (χ4v) is 4.10. The molecule has 3 aromatic rings. The van der Waals surface area contributed by atoms with Gasteiger partial charge in [-0.3, -0.25) is 10.2 Å². The van der Waals surface area contributed by atoms with Crippen LogP contribution in [0.3, 0.4) is 0 Å². The van der Waals surface area contributed by atoms with Gasteiger partial charge in [-0.15, -0.1) is 16.2 Å². The van der Waals surface area contributed by atoms with Crippen molar-refractivity contribution in [2.45, 2.75) is 11.8 Å². The number of amides is 1. The Balaban J connectivity index is 1.77. The Morgan fingerprint density at radius 1 is 1.11 bits per heavy atom. The average Bonchev–Trinajstić information content (AvgIpc) is 3.02. The van der Waals surface area contributed by atoms with Gasteiger partial charge in [0.05, 0.1) is 5.69 Å². The first-order valence-corrected chi connectivity index (χ1v) is 9.88. The number of hydrogen-bond acceptors (Lipinski definition) is 5. The van der Waals surface area contributed by atoms with Gasteiger partial charge in [0.2, 0.25) is 0 Å². The third-order valence-electron chi connectivity index (χ3n) is 3.51. The van der Waals surface area contributed by atoms with Gasteiger partial charge < -0.3 is 0 Å². The standard InChI is InChI=1S/C17H13F2N3O3S2/c1-10-15(26-17(20-10)11-5-3-2-4-6-11)16(23)21-22-27(24,25)14-8-7-12(18)9-13(14)19/h2-9,22H,1H3,(H,21,23). The number of carbonyl (C=O) groups is 1. The number of carbonyl (C=O) groups excluding carboxylic acids is 1. The van der Waals surface area contributed by atoms with E-state index in [0.717, 1.165) is 29.0 Å². The summed E-state index contributed by atoms with van der Waals surface area (Å²) in [6, 6.07) is 11.2. The number of rotatable bonds is 5. The molecule has 0 atom stereocenters. The molecule has 0 fully saturated rings. The van der Waals surface area contributed by atoms with Crippen molar-refractivity contribution in [3.63, 3.8) is 0 Å².